The summed E-state index contributed by atoms with van der Waals surface area (Å²) in [7, 11) is 1.64. The molecule has 0 bridgehead atoms. The van der Waals surface area contributed by atoms with E-state index in [4.69, 9.17) is 24.7 Å². The Morgan fingerprint density at radius 2 is 1.52 bits per heavy atom. The Morgan fingerprint density at radius 1 is 1.00 bits per heavy atom. The fourth-order valence-corrected chi connectivity index (χ4v) is 1.55. The number of hydrogen-bond acceptors (Lipinski definition) is 6. The molecule has 7 heteroatoms. The largest absolute Gasteiger partial charge is 0.382 e. The minimum absolute atomic E-state index is 0.319. The molecule has 0 fully saturated rings. The molecule has 126 valence electrons. The number of amides is 1. The van der Waals surface area contributed by atoms with E-state index in [1.54, 1.807) is 7.11 Å². The number of ether oxygens (including phenoxy) is 4. The van der Waals surface area contributed by atoms with E-state index in [1.165, 1.54) is 0 Å². The average Bonchev–Trinajstić information content (AvgIpc) is 2.47. The maximum atomic E-state index is 11.2. The van der Waals surface area contributed by atoms with Gasteiger partial charge in [0.15, 0.2) is 0 Å². The SMILES string of the molecule is CCCNC(CCOCCOCCOCCOC)C(N)=O. The van der Waals surface area contributed by atoms with Crippen molar-refractivity contribution in [2.45, 2.75) is 25.8 Å². The molecule has 1 atom stereocenters. The average molecular weight is 306 g/mol. The van der Waals surface area contributed by atoms with Gasteiger partial charge in [0.1, 0.15) is 0 Å². The van der Waals surface area contributed by atoms with Crippen LogP contribution in [0.15, 0.2) is 0 Å². The van der Waals surface area contributed by atoms with E-state index in [9.17, 15) is 4.79 Å². The van der Waals surface area contributed by atoms with Crippen LogP contribution in [0.4, 0.5) is 0 Å². The standard InChI is InChI=1S/C14H30N2O5/c1-3-5-16-13(14(15)17)4-6-19-9-10-21-12-11-20-8-7-18-2/h13,16H,3-12H2,1-2H3,(H2,15,17). The van der Waals surface area contributed by atoms with Crippen LogP contribution >= 0.6 is 0 Å². The molecular weight excluding hydrogens is 276 g/mol. The first-order chi connectivity index (χ1) is 10.2. The molecule has 0 aliphatic carbocycles. The molecule has 0 aromatic carbocycles. The molecule has 1 unspecified atom stereocenters. The summed E-state index contributed by atoms with van der Waals surface area (Å²) in [5.41, 5.74) is 5.30. The Morgan fingerprint density at radius 3 is 2.00 bits per heavy atom. The first-order valence-corrected chi connectivity index (χ1v) is 7.47. The van der Waals surface area contributed by atoms with Gasteiger partial charge in [-0.15, -0.1) is 0 Å². The quantitative estimate of drug-likeness (QED) is 0.388. The lowest BCUT2D eigenvalue weighted by atomic mass is 10.2. The normalized spacial score (nSPS) is 12.5. The Balaban J connectivity index is 3.31. The molecule has 0 aromatic rings. The van der Waals surface area contributed by atoms with Gasteiger partial charge in [-0.3, -0.25) is 4.79 Å². The first kappa shape index (κ1) is 20.3. The third-order valence-corrected chi connectivity index (χ3v) is 2.71. The van der Waals surface area contributed by atoms with E-state index in [-0.39, 0.29) is 11.9 Å². The zero-order valence-corrected chi connectivity index (χ0v) is 13.3. The van der Waals surface area contributed by atoms with Gasteiger partial charge >= 0.3 is 0 Å². The first-order valence-electron chi connectivity index (χ1n) is 7.47. The fourth-order valence-electron chi connectivity index (χ4n) is 1.55. The van der Waals surface area contributed by atoms with Gasteiger partial charge in [0.25, 0.3) is 0 Å². The Hall–Kier alpha value is -0.730. The highest BCUT2D eigenvalue weighted by molar-refractivity contribution is 5.79. The molecule has 21 heavy (non-hydrogen) atoms. The Kier molecular flexibility index (Phi) is 15.1. The summed E-state index contributed by atoms with van der Waals surface area (Å²) in [4.78, 5) is 11.2. The van der Waals surface area contributed by atoms with Gasteiger partial charge in [-0.05, 0) is 19.4 Å². The molecule has 0 rings (SSSR count). The third-order valence-electron chi connectivity index (χ3n) is 2.71. The molecule has 0 aliphatic heterocycles. The maximum Gasteiger partial charge on any atom is 0.234 e. The highest BCUT2D eigenvalue weighted by Crippen LogP contribution is 1.93. The van der Waals surface area contributed by atoms with Crippen LogP contribution in [-0.2, 0) is 23.7 Å². The van der Waals surface area contributed by atoms with Crippen molar-refractivity contribution in [1.82, 2.24) is 5.32 Å². The van der Waals surface area contributed by atoms with Crippen molar-refractivity contribution in [3.8, 4) is 0 Å². The van der Waals surface area contributed by atoms with Gasteiger partial charge in [0.2, 0.25) is 5.91 Å². The molecule has 0 radical (unpaired) electrons. The summed E-state index contributed by atoms with van der Waals surface area (Å²) in [5.74, 6) is -0.337. The maximum absolute atomic E-state index is 11.2. The number of primary amides is 1. The predicted molar refractivity (Wildman–Crippen MR) is 80.2 cm³/mol. The van der Waals surface area contributed by atoms with Gasteiger partial charge in [-0.25, -0.2) is 0 Å². The molecule has 0 aromatic heterocycles. The molecular formula is C14H30N2O5. The van der Waals surface area contributed by atoms with Crippen LogP contribution in [-0.4, -0.2) is 71.9 Å². The summed E-state index contributed by atoms with van der Waals surface area (Å²) in [5, 5.41) is 3.09. The van der Waals surface area contributed by atoms with Crippen LogP contribution in [0.1, 0.15) is 19.8 Å². The number of carbonyl (C=O) groups is 1. The lowest BCUT2D eigenvalue weighted by Gasteiger charge is -2.14. The van der Waals surface area contributed by atoms with E-state index >= 15 is 0 Å². The smallest absolute Gasteiger partial charge is 0.234 e. The van der Waals surface area contributed by atoms with E-state index in [0.29, 0.717) is 52.7 Å². The van der Waals surface area contributed by atoms with E-state index < -0.39 is 0 Å². The van der Waals surface area contributed by atoms with Crippen LogP contribution in [0.25, 0.3) is 0 Å². The zero-order chi connectivity index (χ0) is 15.8. The Bertz CT molecular complexity index is 241. The van der Waals surface area contributed by atoms with Crippen LogP contribution in [0.5, 0.6) is 0 Å². The van der Waals surface area contributed by atoms with Crippen molar-refractivity contribution in [2.75, 3.05) is 59.9 Å². The fraction of sp³-hybridized carbons (Fsp3) is 0.929. The number of rotatable bonds is 16. The number of carbonyl (C=O) groups excluding carboxylic acids is 1. The van der Waals surface area contributed by atoms with Crippen molar-refractivity contribution in [3.05, 3.63) is 0 Å². The van der Waals surface area contributed by atoms with Crippen molar-refractivity contribution in [1.29, 1.82) is 0 Å². The summed E-state index contributed by atoms with van der Waals surface area (Å²) in [6, 6.07) is -0.319. The molecule has 3 N–H and O–H groups in total. The molecule has 0 aliphatic rings. The highest BCUT2D eigenvalue weighted by atomic mass is 16.6. The lowest BCUT2D eigenvalue weighted by Crippen LogP contribution is -2.42. The molecule has 0 heterocycles. The number of nitrogens with two attached hydrogens (primary N) is 1. The number of hydrogen-bond donors (Lipinski definition) is 2. The highest BCUT2D eigenvalue weighted by Gasteiger charge is 2.13. The summed E-state index contributed by atoms with van der Waals surface area (Å²) < 4.78 is 20.8. The molecule has 7 nitrogen and oxygen atoms in total. The van der Waals surface area contributed by atoms with Crippen LogP contribution < -0.4 is 11.1 Å². The van der Waals surface area contributed by atoms with Crippen molar-refractivity contribution < 1.29 is 23.7 Å². The van der Waals surface area contributed by atoms with Crippen LogP contribution in [0.3, 0.4) is 0 Å². The van der Waals surface area contributed by atoms with Gasteiger partial charge in [0.05, 0.1) is 45.7 Å². The van der Waals surface area contributed by atoms with Crippen molar-refractivity contribution >= 4 is 5.91 Å². The van der Waals surface area contributed by atoms with Gasteiger partial charge in [-0.2, -0.15) is 0 Å². The summed E-state index contributed by atoms with van der Waals surface area (Å²) >= 11 is 0. The number of nitrogens with one attached hydrogen (secondary N) is 1. The summed E-state index contributed by atoms with van der Waals surface area (Å²) in [6.07, 6.45) is 1.54. The van der Waals surface area contributed by atoms with Crippen LogP contribution in [0.2, 0.25) is 0 Å². The van der Waals surface area contributed by atoms with Gasteiger partial charge in [0, 0.05) is 13.7 Å². The minimum atomic E-state index is -0.337. The molecule has 0 saturated carbocycles. The molecule has 0 saturated heterocycles. The third kappa shape index (κ3) is 14.0. The minimum Gasteiger partial charge on any atom is -0.382 e. The molecule has 0 spiro atoms. The van der Waals surface area contributed by atoms with Crippen molar-refractivity contribution in [3.63, 3.8) is 0 Å². The zero-order valence-electron chi connectivity index (χ0n) is 13.3. The second-order valence-electron chi connectivity index (χ2n) is 4.53. The second kappa shape index (κ2) is 15.7. The van der Waals surface area contributed by atoms with Crippen LogP contribution in [0, 0.1) is 0 Å². The van der Waals surface area contributed by atoms with Crippen molar-refractivity contribution in [2.24, 2.45) is 5.73 Å². The topological polar surface area (TPSA) is 92.0 Å². The molecule has 1 amide bonds. The van der Waals surface area contributed by atoms with E-state index in [2.05, 4.69) is 5.32 Å². The lowest BCUT2D eigenvalue weighted by molar-refractivity contribution is -0.120. The predicted octanol–water partition coefficient (Wildman–Crippen LogP) is -0.0738. The monoisotopic (exact) mass is 306 g/mol. The Labute approximate surface area is 127 Å². The van der Waals surface area contributed by atoms with Gasteiger partial charge in [-0.1, -0.05) is 6.92 Å². The van der Waals surface area contributed by atoms with E-state index in [0.717, 1.165) is 13.0 Å². The van der Waals surface area contributed by atoms with Gasteiger partial charge < -0.3 is 30.0 Å². The second-order valence-corrected chi connectivity index (χ2v) is 4.53. The number of methoxy groups -OCH3 is 1. The van der Waals surface area contributed by atoms with E-state index in [1.807, 2.05) is 6.92 Å². The summed E-state index contributed by atoms with van der Waals surface area (Å²) in [6.45, 7) is 6.57.